The Morgan fingerprint density at radius 2 is 2.00 bits per heavy atom. The first-order chi connectivity index (χ1) is 5.65. The van der Waals surface area contributed by atoms with Gasteiger partial charge in [0.05, 0.1) is 0 Å². The molecule has 0 saturated carbocycles. The number of nitrogens with zero attached hydrogens (tertiary/aromatic N) is 1. The molecule has 0 fully saturated rings. The summed E-state index contributed by atoms with van der Waals surface area (Å²) in [5.41, 5.74) is 0. The molecule has 0 amide bonds. The lowest BCUT2D eigenvalue weighted by Gasteiger charge is -2.21. The maximum atomic E-state index is 10.6. The lowest BCUT2D eigenvalue weighted by atomic mass is 10.3. The van der Waals surface area contributed by atoms with Crippen molar-refractivity contribution in [2.45, 2.75) is 19.9 Å². The number of hydrogen-bond donors (Lipinski definition) is 2. The van der Waals surface area contributed by atoms with Gasteiger partial charge in [0.25, 0.3) is 0 Å². The number of hydrogen-bond acceptors (Lipinski definition) is 3. The molecule has 2 N–H and O–H groups in total. The first kappa shape index (κ1) is 11.4. The zero-order valence-electron chi connectivity index (χ0n) is 8.00. The molecule has 12 heavy (non-hydrogen) atoms. The molecule has 0 aliphatic rings. The zero-order chi connectivity index (χ0) is 9.56. The second-order valence-corrected chi connectivity index (χ2v) is 2.67. The molecule has 0 rings (SSSR count). The van der Waals surface area contributed by atoms with Crippen LogP contribution in [0.25, 0.3) is 0 Å². The molecule has 0 aromatic heterocycles. The van der Waals surface area contributed by atoms with Gasteiger partial charge in [0.1, 0.15) is 6.04 Å². The van der Waals surface area contributed by atoms with Crippen LogP contribution in [0.1, 0.15) is 13.8 Å². The Balaban J connectivity index is 3.91. The molecule has 0 heterocycles. The third-order valence-electron chi connectivity index (χ3n) is 1.98. The van der Waals surface area contributed by atoms with Crippen LogP contribution in [0.2, 0.25) is 0 Å². The van der Waals surface area contributed by atoms with E-state index in [1.54, 1.807) is 7.05 Å². The van der Waals surface area contributed by atoms with Crippen molar-refractivity contribution in [2.24, 2.45) is 0 Å². The van der Waals surface area contributed by atoms with Crippen molar-refractivity contribution in [1.29, 1.82) is 0 Å². The molecule has 0 aliphatic carbocycles. The first-order valence-electron chi connectivity index (χ1n) is 4.28. The fourth-order valence-corrected chi connectivity index (χ4v) is 1.03. The minimum absolute atomic E-state index is 0.454. The van der Waals surface area contributed by atoms with Gasteiger partial charge in [0, 0.05) is 6.54 Å². The van der Waals surface area contributed by atoms with Gasteiger partial charge in [-0.15, -0.1) is 0 Å². The summed E-state index contributed by atoms with van der Waals surface area (Å²) in [6.07, 6.45) is 0. The summed E-state index contributed by atoms with van der Waals surface area (Å²) in [6.45, 7) is 6.40. The number of carbonyl (C=O) groups is 1. The van der Waals surface area contributed by atoms with E-state index in [4.69, 9.17) is 5.11 Å². The Bertz CT molecular complexity index is 135. The van der Waals surface area contributed by atoms with Crippen molar-refractivity contribution in [3.63, 3.8) is 0 Å². The summed E-state index contributed by atoms with van der Waals surface area (Å²) in [5, 5.41) is 11.5. The van der Waals surface area contributed by atoms with E-state index in [1.165, 1.54) is 0 Å². The predicted molar refractivity (Wildman–Crippen MR) is 48.3 cm³/mol. The quantitative estimate of drug-likeness (QED) is 0.595. The van der Waals surface area contributed by atoms with Gasteiger partial charge in [0.15, 0.2) is 0 Å². The Hall–Kier alpha value is -0.610. The standard InChI is InChI=1S/C8H18N2O2/c1-4-10(5-2)6-7(9-3)8(11)12/h7,9H,4-6H2,1-3H3,(H,11,12). The van der Waals surface area contributed by atoms with Gasteiger partial charge in [-0.2, -0.15) is 0 Å². The highest BCUT2D eigenvalue weighted by molar-refractivity contribution is 5.73. The van der Waals surface area contributed by atoms with Crippen molar-refractivity contribution >= 4 is 5.97 Å². The van der Waals surface area contributed by atoms with Gasteiger partial charge in [-0.1, -0.05) is 13.8 Å². The average molecular weight is 174 g/mol. The summed E-state index contributed by atoms with van der Waals surface area (Å²) in [6, 6.07) is -0.454. The lowest BCUT2D eigenvalue weighted by Crippen LogP contribution is -2.44. The third kappa shape index (κ3) is 3.69. The summed E-state index contributed by atoms with van der Waals surface area (Å²) >= 11 is 0. The van der Waals surface area contributed by atoms with Crippen LogP contribution < -0.4 is 5.32 Å². The van der Waals surface area contributed by atoms with E-state index in [1.807, 2.05) is 13.8 Å². The van der Waals surface area contributed by atoms with Crippen molar-refractivity contribution in [3.05, 3.63) is 0 Å². The molecule has 0 radical (unpaired) electrons. The summed E-state index contributed by atoms with van der Waals surface area (Å²) in [4.78, 5) is 12.7. The van der Waals surface area contributed by atoms with Crippen LogP contribution in [0.4, 0.5) is 0 Å². The number of carboxylic acids is 1. The summed E-state index contributed by atoms with van der Waals surface area (Å²) < 4.78 is 0. The minimum Gasteiger partial charge on any atom is -0.480 e. The number of aliphatic carboxylic acids is 1. The van der Waals surface area contributed by atoms with Crippen molar-refractivity contribution in [3.8, 4) is 0 Å². The van der Waals surface area contributed by atoms with E-state index in [9.17, 15) is 4.79 Å². The summed E-state index contributed by atoms with van der Waals surface area (Å²) in [7, 11) is 1.67. The van der Waals surface area contributed by atoms with E-state index in [-0.39, 0.29) is 0 Å². The lowest BCUT2D eigenvalue weighted by molar-refractivity contribution is -0.139. The van der Waals surface area contributed by atoms with E-state index in [0.717, 1.165) is 13.1 Å². The van der Waals surface area contributed by atoms with Crippen molar-refractivity contribution < 1.29 is 9.90 Å². The molecule has 1 atom stereocenters. The second kappa shape index (κ2) is 5.97. The number of rotatable bonds is 6. The molecule has 4 nitrogen and oxygen atoms in total. The fraction of sp³-hybridized carbons (Fsp3) is 0.875. The molecular weight excluding hydrogens is 156 g/mol. The summed E-state index contributed by atoms with van der Waals surface area (Å²) in [5.74, 6) is -0.788. The van der Waals surface area contributed by atoms with Crippen LogP contribution in [0.15, 0.2) is 0 Å². The smallest absolute Gasteiger partial charge is 0.322 e. The van der Waals surface area contributed by atoms with Gasteiger partial charge < -0.3 is 15.3 Å². The number of carboxylic acid groups (broad SMARTS) is 1. The van der Waals surface area contributed by atoms with Gasteiger partial charge in [-0.25, -0.2) is 0 Å². The largest absolute Gasteiger partial charge is 0.480 e. The van der Waals surface area contributed by atoms with Gasteiger partial charge >= 0.3 is 5.97 Å². The third-order valence-corrected chi connectivity index (χ3v) is 1.98. The Morgan fingerprint density at radius 3 is 2.25 bits per heavy atom. The predicted octanol–water partition coefficient (Wildman–Crippen LogP) is 0.000800. The van der Waals surface area contributed by atoms with Crippen LogP contribution in [-0.4, -0.2) is 48.7 Å². The Labute approximate surface area is 73.6 Å². The van der Waals surface area contributed by atoms with Gasteiger partial charge in [-0.3, -0.25) is 4.79 Å². The van der Waals surface area contributed by atoms with Crippen molar-refractivity contribution in [1.82, 2.24) is 10.2 Å². The van der Waals surface area contributed by atoms with E-state index >= 15 is 0 Å². The van der Waals surface area contributed by atoms with E-state index in [2.05, 4.69) is 10.2 Å². The zero-order valence-corrected chi connectivity index (χ0v) is 8.00. The minimum atomic E-state index is -0.788. The van der Waals surface area contributed by atoms with E-state index < -0.39 is 12.0 Å². The molecule has 4 heteroatoms. The van der Waals surface area contributed by atoms with Crippen LogP contribution in [0, 0.1) is 0 Å². The maximum Gasteiger partial charge on any atom is 0.322 e. The fourth-order valence-electron chi connectivity index (χ4n) is 1.03. The van der Waals surface area contributed by atoms with Crippen LogP contribution in [0.5, 0.6) is 0 Å². The van der Waals surface area contributed by atoms with Gasteiger partial charge in [-0.05, 0) is 20.1 Å². The molecule has 0 aromatic carbocycles. The number of nitrogens with one attached hydrogen (secondary N) is 1. The van der Waals surface area contributed by atoms with E-state index in [0.29, 0.717) is 6.54 Å². The monoisotopic (exact) mass is 174 g/mol. The van der Waals surface area contributed by atoms with Gasteiger partial charge in [0.2, 0.25) is 0 Å². The number of likely N-dealkylation sites (N-methyl/N-ethyl adjacent to an activating group) is 2. The van der Waals surface area contributed by atoms with Crippen molar-refractivity contribution in [2.75, 3.05) is 26.7 Å². The SMILES string of the molecule is CCN(CC)CC(NC)C(=O)O. The molecule has 0 spiro atoms. The first-order valence-corrected chi connectivity index (χ1v) is 4.28. The van der Waals surface area contributed by atoms with Crippen LogP contribution >= 0.6 is 0 Å². The molecule has 0 bridgehead atoms. The molecule has 0 aromatic rings. The average Bonchev–Trinajstić information content (AvgIpc) is 2.06. The highest BCUT2D eigenvalue weighted by atomic mass is 16.4. The molecule has 72 valence electrons. The highest BCUT2D eigenvalue weighted by Gasteiger charge is 2.16. The molecule has 0 saturated heterocycles. The second-order valence-electron chi connectivity index (χ2n) is 2.67. The highest BCUT2D eigenvalue weighted by Crippen LogP contribution is 1.91. The Morgan fingerprint density at radius 1 is 1.50 bits per heavy atom. The van der Waals surface area contributed by atoms with Crippen LogP contribution in [-0.2, 0) is 4.79 Å². The molecule has 1 unspecified atom stereocenters. The topological polar surface area (TPSA) is 52.6 Å². The molecule has 0 aliphatic heterocycles. The molecular formula is C8H18N2O2. The van der Waals surface area contributed by atoms with Crippen LogP contribution in [0.3, 0.4) is 0 Å². The maximum absolute atomic E-state index is 10.6. The normalized spacial score (nSPS) is 13.3. The Kier molecular flexibility index (Phi) is 5.66.